The van der Waals surface area contributed by atoms with Gasteiger partial charge in [0.2, 0.25) is 5.91 Å². The normalized spacial score (nSPS) is 17.9. The van der Waals surface area contributed by atoms with Crippen molar-refractivity contribution in [3.05, 3.63) is 24.0 Å². The Labute approximate surface area is 106 Å². The molecule has 7 heteroatoms. The Balaban J connectivity index is 1.96. The average molecular weight is 248 g/mol. The second kappa shape index (κ2) is 5.95. The molecule has 0 saturated heterocycles. The highest BCUT2D eigenvalue weighted by Gasteiger charge is 2.14. The number of rotatable bonds is 4. The van der Waals surface area contributed by atoms with E-state index in [1.54, 1.807) is 5.12 Å². The van der Waals surface area contributed by atoms with Crippen molar-refractivity contribution in [3.8, 4) is 0 Å². The number of nitrogens with one attached hydrogen (secondary N) is 1. The van der Waals surface area contributed by atoms with Crippen LogP contribution in [-0.4, -0.2) is 35.6 Å². The molecule has 0 radical (unpaired) electrons. The van der Waals surface area contributed by atoms with Gasteiger partial charge in [0.1, 0.15) is 0 Å². The van der Waals surface area contributed by atoms with E-state index in [1.807, 2.05) is 30.3 Å². The summed E-state index contributed by atoms with van der Waals surface area (Å²) in [7, 11) is 0. The second-order valence-electron chi connectivity index (χ2n) is 3.91. The predicted octanol–water partition coefficient (Wildman–Crippen LogP) is 1.20. The fourth-order valence-electron chi connectivity index (χ4n) is 1.63. The lowest BCUT2D eigenvalue weighted by molar-refractivity contribution is -0.120. The molecule has 0 atom stereocenters. The summed E-state index contributed by atoms with van der Waals surface area (Å²) in [6.45, 7) is 3.06. The van der Waals surface area contributed by atoms with Gasteiger partial charge in [-0.1, -0.05) is 13.0 Å². The van der Waals surface area contributed by atoms with Crippen LogP contribution in [0.5, 0.6) is 0 Å². The molecular weight excluding hydrogens is 232 g/mol. The van der Waals surface area contributed by atoms with Crippen molar-refractivity contribution in [2.45, 2.75) is 19.8 Å². The van der Waals surface area contributed by atoms with Gasteiger partial charge in [-0.05, 0) is 12.5 Å². The number of amides is 1. The van der Waals surface area contributed by atoms with Crippen LogP contribution in [0, 0.1) is 0 Å². The molecule has 2 rings (SSSR count). The van der Waals surface area contributed by atoms with Crippen LogP contribution >= 0.6 is 0 Å². The molecule has 0 spiro atoms. The molecule has 2 aliphatic heterocycles. The van der Waals surface area contributed by atoms with E-state index in [0.29, 0.717) is 19.6 Å². The van der Waals surface area contributed by atoms with E-state index in [-0.39, 0.29) is 5.91 Å². The zero-order chi connectivity index (χ0) is 12.8. The van der Waals surface area contributed by atoms with Crippen LogP contribution < -0.4 is 5.32 Å². The summed E-state index contributed by atoms with van der Waals surface area (Å²) in [6, 6.07) is 0. The third-order valence-corrected chi connectivity index (χ3v) is 2.44. The first-order chi connectivity index (χ1) is 8.79. The van der Waals surface area contributed by atoms with Crippen molar-refractivity contribution in [3.63, 3.8) is 0 Å². The van der Waals surface area contributed by atoms with E-state index in [9.17, 15) is 4.79 Å². The maximum absolute atomic E-state index is 11.5. The number of carbonyl (C=O) groups excluding carboxylic acids is 1. The van der Waals surface area contributed by atoms with Gasteiger partial charge in [-0.3, -0.25) is 9.80 Å². The van der Waals surface area contributed by atoms with E-state index in [0.717, 1.165) is 12.1 Å². The molecule has 0 fully saturated rings. The molecule has 0 bridgehead atoms. The fraction of sp³-hybridized carbons (Fsp3) is 0.455. The third-order valence-electron chi connectivity index (χ3n) is 2.44. The lowest BCUT2D eigenvalue weighted by atomic mass is 10.3. The highest BCUT2D eigenvalue weighted by Crippen LogP contribution is 2.10. The highest BCUT2D eigenvalue weighted by atomic mass is 16.1. The van der Waals surface area contributed by atoms with Crippen molar-refractivity contribution in [2.75, 3.05) is 13.2 Å². The van der Waals surface area contributed by atoms with E-state index < -0.39 is 0 Å². The summed E-state index contributed by atoms with van der Waals surface area (Å²) in [4.78, 5) is 11.5. The molecule has 0 aliphatic carbocycles. The Morgan fingerprint density at radius 2 is 2.44 bits per heavy atom. The molecule has 1 N–H and O–H groups in total. The number of allylic oxidation sites excluding steroid dienone is 1. The first kappa shape index (κ1) is 12.3. The molecular formula is C11H16N6O. The average Bonchev–Trinajstić information content (AvgIpc) is 2.40. The van der Waals surface area contributed by atoms with Gasteiger partial charge in [-0.25, -0.2) is 0 Å². The monoisotopic (exact) mass is 248 g/mol. The third kappa shape index (κ3) is 3.16. The lowest BCUT2D eigenvalue weighted by Gasteiger charge is -2.31. The van der Waals surface area contributed by atoms with Crippen LogP contribution in [0.4, 0.5) is 0 Å². The van der Waals surface area contributed by atoms with Crippen molar-refractivity contribution >= 4 is 12.2 Å². The van der Waals surface area contributed by atoms with Gasteiger partial charge in [0.15, 0.2) is 13.0 Å². The van der Waals surface area contributed by atoms with Crippen LogP contribution in [-0.2, 0) is 4.79 Å². The molecule has 0 saturated carbocycles. The summed E-state index contributed by atoms with van der Waals surface area (Å²) >= 11 is 0. The predicted molar refractivity (Wildman–Crippen MR) is 67.0 cm³/mol. The van der Waals surface area contributed by atoms with Gasteiger partial charge >= 0.3 is 0 Å². The molecule has 0 unspecified atom stereocenters. The molecule has 2 heterocycles. The summed E-state index contributed by atoms with van der Waals surface area (Å²) in [5, 5.41) is 18.0. The lowest BCUT2D eigenvalue weighted by Crippen LogP contribution is -2.39. The number of hydrazone groups is 1. The van der Waals surface area contributed by atoms with Crippen molar-refractivity contribution in [1.82, 2.24) is 15.4 Å². The molecule has 0 aromatic heterocycles. The highest BCUT2D eigenvalue weighted by molar-refractivity contribution is 5.78. The summed E-state index contributed by atoms with van der Waals surface area (Å²) in [5.41, 5.74) is 0.761. The van der Waals surface area contributed by atoms with Crippen molar-refractivity contribution < 1.29 is 4.79 Å². The zero-order valence-electron chi connectivity index (χ0n) is 10.3. The quantitative estimate of drug-likeness (QED) is 0.812. The Kier molecular flexibility index (Phi) is 4.06. The molecule has 7 nitrogen and oxygen atoms in total. The molecule has 2 aliphatic rings. The molecule has 0 aromatic carbocycles. The largest absolute Gasteiger partial charge is 0.325 e. The van der Waals surface area contributed by atoms with Gasteiger partial charge in [0.25, 0.3) is 0 Å². The maximum Gasteiger partial charge on any atom is 0.224 e. The first-order valence-electron chi connectivity index (χ1n) is 5.91. The smallest absolute Gasteiger partial charge is 0.224 e. The van der Waals surface area contributed by atoms with Gasteiger partial charge < -0.3 is 5.32 Å². The molecule has 18 heavy (non-hydrogen) atoms. The Bertz CT molecular complexity index is 425. The fourth-order valence-corrected chi connectivity index (χ4v) is 1.63. The Hall–Kier alpha value is -2.18. The van der Waals surface area contributed by atoms with E-state index >= 15 is 0 Å². The SMILES string of the molecule is CCCC(=O)NC1=CN(N2CN=NC=N2)CC=C1. The summed E-state index contributed by atoms with van der Waals surface area (Å²) in [6.07, 6.45) is 8.45. The van der Waals surface area contributed by atoms with Crippen LogP contribution in [0.2, 0.25) is 0 Å². The minimum atomic E-state index is 0.0251. The number of nitrogens with zero attached hydrogens (tertiary/aromatic N) is 5. The first-order valence-corrected chi connectivity index (χ1v) is 5.91. The van der Waals surface area contributed by atoms with E-state index in [1.165, 1.54) is 6.34 Å². The standard InChI is InChI=1S/C11H16N6O/c1-2-4-11(18)15-10-5-3-6-16(7-10)17-9-13-12-8-14-17/h3,5,7-8H,2,4,6,9H2,1H3,(H,15,18). The van der Waals surface area contributed by atoms with Crippen LogP contribution in [0.25, 0.3) is 0 Å². The number of azo groups is 1. The number of hydrogen-bond donors (Lipinski definition) is 1. The van der Waals surface area contributed by atoms with Crippen molar-refractivity contribution in [2.24, 2.45) is 15.3 Å². The van der Waals surface area contributed by atoms with Gasteiger partial charge in [-0.15, -0.1) is 10.2 Å². The van der Waals surface area contributed by atoms with E-state index in [2.05, 4.69) is 20.6 Å². The second-order valence-corrected chi connectivity index (χ2v) is 3.91. The maximum atomic E-state index is 11.5. The van der Waals surface area contributed by atoms with Gasteiger partial charge in [-0.2, -0.15) is 10.2 Å². The van der Waals surface area contributed by atoms with Crippen LogP contribution in [0.3, 0.4) is 0 Å². The van der Waals surface area contributed by atoms with Crippen molar-refractivity contribution in [1.29, 1.82) is 0 Å². The number of carbonyl (C=O) groups is 1. The topological polar surface area (TPSA) is 72.7 Å². The molecule has 1 amide bonds. The van der Waals surface area contributed by atoms with E-state index in [4.69, 9.17) is 0 Å². The molecule has 0 aromatic rings. The van der Waals surface area contributed by atoms with Gasteiger partial charge in [0, 0.05) is 12.6 Å². The zero-order valence-corrected chi connectivity index (χ0v) is 10.3. The summed E-state index contributed by atoms with van der Waals surface area (Å²) in [5.74, 6) is 0.0251. The minimum absolute atomic E-state index is 0.0251. The Morgan fingerprint density at radius 1 is 1.56 bits per heavy atom. The van der Waals surface area contributed by atoms with Crippen LogP contribution in [0.1, 0.15) is 19.8 Å². The van der Waals surface area contributed by atoms with Gasteiger partial charge in [0.05, 0.1) is 12.2 Å². The minimum Gasteiger partial charge on any atom is -0.325 e. The number of hydrogen-bond acceptors (Lipinski definition) is 6. The Morgan fingerprint density at radius 3 is 3.17 bits per heavy atom. The molecule has 96 valence electrons. The summed E-state index contributed by atoms with van der Waals surface area (Å²) < 4.78 is 0. The van der Waals surface area contributed by atoms with Crippen LogP contribution in [0.15, 0.2) is 39.4 Å². The number of hydrazine groups is 1.